The topological polar surface area (TPSA) is 104 Å². The number of aromatic amines is 1. The molecule has 0 radical (unpaired) electrons. The molecular formula is C26H39N5O3. The number of anilines is 2. The lowest BCUT2D eigenvalue weighted by Gasteiger charge is -2.34. The van der Waals surface area contributed by atoms with Crippen LogP contribution in [-0.2, 0) is 17.8 Å². The van der Waals surface area contributed by atoms with Crippen molar-refractivity contribution in [1.82, 2.24) is 14.5 Å². The summed E-state index contributed by atoms with van der Waals surface area (Å²) >= 11 is 0. The molecule has 8 nitrogen and oxygen atoms in total. The van der Waals surface area contributed by atoms with E-state index in [9.17, 15) is 14.4 Å². The first kappa shape index (κ1) is 25.7. The predicted molar refractivity (Wildman–Crippen MR) is 137 cm³/mol. The van der Waals surface area contributed by atoms with Crippen molar-refractivity contribution in [3.05, 3.63) is 56.7 Å². The highest BCUT2D eigenvalue weighted by Gasteiger charge is 2.28. The number of piperidine rings is 1. The molecule has 34 heavy (non-hydrogen) atoms. The van der Waals surface area contributed by atoms with Crippen LogP contribution in [0.25, 0.3) is 0 Å². The van der Waals surface area contributed by atoms with E-state index >= 15 is 0 Å². The van der Waals surface area contributed by atoms with Gasteiger partial charge < -0.3 is 10.6 Å². The molecule has 0 spiro atoms. The molecule has 0 aliphatic carbocycles. The Morgan fingerprint density at radius 3 is 2.32 bits per heavy atom. The Kier molecular flexibility index (Phi) is 8.72. The second-order valence-corrected chi connectivity index (χ2v) is 10.3. The van der Waals surface area contributed by atoms with Gasteiger partial charge in [-0.3, -0.25) is 24.0 Å². The molecule has 8 heteroatoms. The summed E-state index contributed by atoms with van der Waals surface area (Å²) < 4.78 is 1.36. The summed E-state index contributed by atoms with van der Waals surface area (Å²) in [5.41, 5.74) is 6.59. The first-order valence-corrected chi connectivity index (χ1v) is 12.3. The van der Waals surface area contributed by atoms with Gasteiger partial charge >= 0.3 is 5.69 Å². The van der Waals surface area contributed by atoms with E-state index in [1.165, 1.54) is 15.0 Å². The number of aromatic nitrogens is 2. The van der Waals surface area contributed by atoms with Crippen molar-refractivity contribution in [3.63, 3.8) is 0 Å². The van der Waals surface area contributed by atoms with E-state index in [1.807, 2.05) is 33.8 Å². The lowest BCUT2D eigenvalue weighted by molar-refractivity contribution is -0.120. The number of benzene rings is 1. The molecule has 0 saturated carbocycles. The minimum Gasteiger partial charge on any atom is -0.383 e. The molecule has 0 atom stereocenters. The maximum atomic E-state index is 13.4. The van der Waals surface area contributed by atoms with Gasteiger partial charge in [0.15, 0.2) is 5.69 Å². The normalized spacial score (nSPS) is 15.2. The van der Waals surface area contributed by atoms with Gasteiger partial charge in [-0.25, -0.2) is 4.79 Å². The fourth-order valence-electron chi connectivity index (χ4n) is 4.64. The standard InChI is InChI=1S/C26H39N5O3/c1-18(2)15-30(23-24(27)31(16-19(3)4)26(34)28-25(23)33)22(32)17-29-12-10-21(11-13-29)14-20-8-6-5-7-9-20/h5-9,18-19,21H,10-17,27H2,1-4H3,(H,28,33,34). The highest BCUT2D eigenvalue weighted by Crippen LogP contribution is 2.23. The summed E-state index contributed by atoms with van der Waals surface area (Å²) in [6.45, 7) is 10.6. The number of hydrogen-bond acceptors (Lipinski definition) is 5. The third-order valence-electron chi connectivity index (χ3n) is 6.31. The summed E-state index contributed by atoms with van der Waals surface area (Å²) in [6, 6.07) is 10.5. The summed E-state index contributed by atoms with van der Waals surface area (Å²) in [7, 11) is 0. The number of nitrogens with zero attached hydrogens (tertiary/aromatic N) is 3. The zero-order valence-electron chi connectivity index (χ0n) is 20.9. The minimum atomic E-state index is -0.613. The SMILES string of the molecule is CC(C)CN(C(=O)CN1CCC(Cc2ccccc2)CC1)c1c(N)n(CC(C)C)c(=O)[nH]c1=O. The van der Waals surface area contributed by atoms with Gasteiger partial charge in [-0.2, -0.15) is 0 Å². The average Bonchev–Trinajstić information content (AvgIpc) is 2.77. The van der Waals surface area contributed by atoms with Gasteiger partial charge in [-0.05, 0) is 55.7 Å². The average molecular weight is 470 g/mol. The van der Waals surface area contributed by atoms with E-state index < -0.39 is 11.2 Å². The lowest BCUT2D eigenvalue weighted by Crippen LogP contribution is -2.48. The fourth-order valence-corrected chi connectivity index (χ4v) is 4.64. The first-order chi connectivity index (χ1) is 16.2. The number of amides is 1. The molecule has 3 N–H and O–H groups in total. The van der Waals surface area contributed by atoms with Gasteiger partial charge in [0.05, 0.1) is 6.54 Å². The Bertz CT molecular complexity index is 1070. The quantitative estimate of drug-likeness (QED) is 0.588. The third kappa shape index (κ3) is 6.59. The van der Waals surface area contributed by atoms with Crippen molar-refractivity contribution < 1.29 is 4.79 Å². The molecule has 1 aliphatic heterocycles. The van der Waals surface area contributed by atoms with Crippen molar-refractivity contribution >= 4 is 17.4 Å². The van der Waals surface area contributed by atoms with Gasteiger partial charge in [0.2, 0.25) is 5.91 Å². The van der Waals surface area contributed by atoms with Crippen molar-refractivity contribution in [3.8, 4) is 0 Å². The number of nitrogens with one attached hydrogen (secondary N) is 1. The molecule has 1 saturated heterocycles. The number of carbonyl (C=O) groups is 1. The van der Waals surface area contributed by atoms with E-state index in [4.69, 9.17) is 5.73 Å². The van der Waals surface area contributed by atoms with Crippen molar-refractivity contribution in [1.29, 1.82) is 0 Å². The number of H-pyrrole nitrogens is 1. The molecule has 3 rings (SSSR count). The number of rotatable bonds is 9. The van der Waals surface area contributed by atoms with Crippen molar-refractivity contribution in [2.24, 2.45) is 17.8 Å². The minimum absolute atomic E-state index is 0.0537. The van der Waals surface area contributed by atoms with Crippen molar-refractivity contribution in [2.75, 3.05) is 36.8 Å². The Morgan fingerprint density at radius 1 is 1.09 bits per heavy atom. The molecular weight excluding hydrogens is 430 g/mol. The molecule has 0 unspecified atom stereocenters. The van der Waals surface area contributed by atoms with Gasteiger partial charge in [-0.1, -0.05) is 58.0 Å². The van der Waals surface area contributed by atoms with Crippen LogP contribution in [0.15, 0.2) is 39.9 Å². The van der Waals surface area contributed by atoms with Crippen LogP contribution in [0, 0.1) is 17.8 Å². The molecule has 0 bridgehead atoms. The zero-order chi connectivity index (χ0) is 24.8. The highest BCUT2D eigenvalue weighted by molar-refractivity contribution is 5.96. The summed E-state index contributed by atoms with van der Waals surface area (Å²) in [4.78, 5) is 44.6. The smallest absolute Gasteiger partial charge is 0.330 e. The van der Waals surface area contributed by atoms with Crippen LogP contribution in [0.2, 0.25) is 0 Å². The number of hydrogen-bond donors (Lipinski definition) is 2. The summed E-state index contributed by atoms with van der Waals surface area (Å²) in [5.74, 6) is 0.786. The molecule has 1 aliphatic rings. The van der Waals surface area contributed by atoms with Gasteiger partial charge in [-0.15, -0.1) is 0 Å². The van der Waals surface area contributed by atoms with Crippen LogP contribution in [0.5, 0.6) is 0 Å². The Labute approximate surface area is 201 Å². The molecule has 1 aromatic carbocycles. The van der Waals surface area contributed by atoms with Crippen LogP contribution in [0.1, 0.15) is 46.1 Å². The summed E-state index contributed by atoms with van der Waals surface area (Å²) in [5, 5.41) is 0. The van der Waals surface area contributed by atoms with E-state index in [-0.39, 0.29) is 35.8 Å². The Hall–Kier alpha value is -2.87. The number of carbonyl (C=O) groups excluding carboxylic acids is 1. The largest absolute Gasteiger partial charge is 0.383 e. The molecule has 1 aromatic heterocycles. The molecule has 186 valence electrons. The second-order valence-electron chi connectivity index (χ2n) is 10.3. The molecule has 1 fully saturated rings. The van der Waals surface area contributed by atoms with E-state index in [1.54, 1.807) is 0 Å². The third-order valence-corrected chi connectivity index (χ3v) is 6.31. The molecule has 2 heterocycles. The van der Waals surface area contributed by atoms with Crippen LogP contribution in [0.3, 0.4) is 0 Å². The number of likely N-dealkylation sites (tertiary alicyclic amines) is 1. The van der Waals surface area contributed by atoms with E-state index in [0.29, 0.717) is 19.0 Å². The monoisotopic (exact) mass is 469 g/mol. The zero-order valence-corrected chi connectivity index (χ0v) is 20.9. The van der Waals surface area contributed by atoms with E-state index in [0.717, 1.165) is 32.4 Å². The molecule has 2 aromatic rings. The van der Waals surface area contributed by atoms with Gasteiger partial charge in [0.25, 0.3) is 5.56 Å². The van der Waals surface area contributed by atoms with Crippen molar-refractivity contribution in [2.45, 2.75) is 53.5 Å². The Balaban J connectivity index is 1.73. The first-order valence-electron chi connectivity index (χ1n) is 12.3. The van der Waals surface area contributed by atoms with Crippen LogP contribution in [-0.4, -0.2) is 46.5 Å². The lowest BCUT2D eigenvalue weighted by atomic mass is 9.90. The van der Waals surface area contributed by atoms with Crippen LogP contribution < -0.4 is 21.9 Å². The maximum absolute atomic E-state index is 13.4. The van der Waals surface area contributed by atoms with Crippen LogP contribution in [0.4, 0.5) is 11.5 Å². The van der Waals surface area contributed by atoms with E-state index in [2.05, 4.69) is 34.1 Å². The number of nitrogens with two attached hydrogens (primary N) is 1. The Morgan fingerprint density at radius 2 is 1.74 bits per heavy atom. The van der Waals surface area contributed by atoms with Gasteiger partial charge in [0.1, 0.15) is 5.82 Å². The second kappa shape index (κ2) is 11.5. The maximum Gasteiger partial charge on any atom is 0.330 e. The predicted octanol–water partition coefficient (Wildman–Crippen LogP) is 2.72. The molecule has 1 amide bonds. The van der Waals surface area contributed by atoms with Gasteiger partial charge in [0, 0.05) is 13.1 Å². The summed E-state index contributed by atoms with van der Waals surface area (Å²) in [6.07, 6.45) is 3.13. The highest BCUT2D eigenvalue weighted by atomic mass is 16.2. The fraction of sp³-hybridized carbons (Fsp3) is 0.577. The number of nitrogen functional groups attached to an aromatic ring is 1. The van der Waals surface area contributed by atoms with Crippen LogP contribution >= 0.6 is 0 Å².